The Morgan fingerprint density at radius 2 is 2.30 bits per heavy atom. The number of halogens is 1. The van der Waals surface area contributed by atoms with Gasteiger partial charge < -0.3 is 5.11 Å². The molecule has 0 radical (unpaired) electrons. The molecule has 0 aliphatic rings. The maximum atomic E-state index is 10.4. The van der Waals surface area contributed by atoms with E-state index in [4.69, 9.17) is 6.48 Å². The molecule has 0 saturated carbocycles. The fourth-order valence-electron chi connectivity index (χ4n) is 0.539. The van der Waals surface area contributed by atoms with E-state index >= 15 is 0 Å². The molecule has 52 valence electrons. The second kappa shape index (κ2) is 2.84. The molecule has 1 aromatic rings. The first-order chi connectivity index (χ1) is 5.11. The average Bonchev–Trinajstić information content (AvgIpc) is 1.85. The third-order valence-electron chi connectivity index (χ3n) is 1.01. The highest BCUT2D eigenvalue weighted by atomic mass is 79.9. The first kappa shape index (κ1) is 5.92. The van der Waals surface area contributed by atoms with Crippen LogP contribution in [0.2, 0.25) is 0 Å². The Labute approximate surface area is 68.0 Å². The summed E-state index contributed by atoms with van der Waals surface area (Å²) in [6, 6.07) is 4.46. The lowest BCUT2D eigenvalue weighted by molar-refractivity contribution is 0.0697. The quantitative estimate of drug-likeness (QED) is 0.757. The van der Waals surface area contributed by atoms with Gasteiger partial charge in [-0.3, -0.25) is 0 Å². The number of hydrogen-bond acceptors (Lipinski definition) is 1. The van der Waals surface area contributed by atoms with Gasteiger partial charge in [0.1, 0.15) is 0 Å². The molecule has 0 bridgehead atoms. The van der Waals surface area contributed by atoms with Gasteiger partial charge in [-0.15, -0.1) is 0 Å². The van der Waals surface area contributed by atoms with Gasteiger partial charge in [-0.1, -0.05) is 15.9 Å². The molecule has 0 aliphatic carbocycles. The summed E-state index contributed by atoms with van der Waals surface area (Å²) in [6.07, 6.45) is 0. The van der Waals surface area contributed by atoms with Crippen molar-refractivity contribution >= 4 is 21.9 Å². The summed E-state index contributed by atoms with van der Waals surface area (Å²) < 4.78 is 7.95. The highest BCUT2D eigenvalue weighted by molar-refractivity contribution is 9.10. The third kappa shape index (κ3) is 1.57. The van der Waals surface area contributed by atoms with E-state index in [9.17, 15) is 4.79 Å². The summed E-state index contributed by atoms with van der Waals surface area (Å²) in [5.74, 6) is -1.07. The van der Waals surface area contributed by atoms with Crippen LogP contribution in [-0.2, 0) is 0 Å². The Bertz CT molecular complexity index is 298. The smallest absolute Gasteiger partial charge is 0.335 e. The van der Waals surface area contributed by atoms with E-state index in [-0.39, 0.29) is 11.6 Å². The molecule has 0 heterocycles. The Hall–Kier alpha value is -0.830. The van der Waals surface area contributed by atoms with Gasteiger partial charge in [0.2, 0.25) is 0 Å². The summed E-state index contributed by atoms with van der Waals surface area (Å²) in [5, 5.41) is 8.52. The SMILES string of the molecule is [2H]c1cc(Br)ccc1C(=O)O. The second-order valence-corrected chi connectivity index (χ2v) is 2.64. The van der Waals surface area contributed by atoms with Crippen LogP contribution in [0.1, 0.15) is 11.7 Å². The number of carbonyl (C=O) groups is 1. The molecule has 0 atom stereocenters. The minimum atomic E-state index is -1.07. The highest BCUT2D eigenvalue weighted by Crippen LogP contribution is 2.09. The summed E-state index contributed by atoms with van der Waals surface area (Å²) in [7, 11) is 0. The Morgan fingerprint density at radius 1 is 1.60 bits per heavy atom. The summed E-state index contributed by atoms with van der Waals surface area (Å²) in [5.41, 5.74) is 0.0215. The van der Waals surface area contributed by atoms with E-state index in [1.807, 2.05) is 0 Å². The van der Waals surface area contributed by atoms with Crippen LogP contribution < -0.4 is 0 Å². The standard InChI is InChI=1S/C7H5BrO2/c8-6-3-1-5(2-4-6)7(9)10/h1-4H,(H,9,10)/i1D. The van der Waals surface area contributed by atoms with Gasteiger partial charge in [0.15, 0.2) is 0 Å². The normalized spacial score (nSPS) is 10.7. The number of carboxylic acid groups (broad SMARTS) is 1. The Kier molecular flexibility index (Phi) is 1.68. The van der Waals surface area contributed by atoms with Crippen LogP contribution in [-0.4, -0.2) is 11.1 Å². The van der Waals surface area contributed by atoms with Gasteiger partial charge >= 0.3 is 5.97 Å². The first-order valence-corrected chi connectivity index (χ1v) is 3.40. The van der Waals surface area contributed by atoms with Crippen molar-refractivity contribution in [2.75, 3.05) is 0 Å². The zero-order chi connectivity index (χ0) is 8.43. The summed E-state index contributed by atoms with van der Waals surface area (Å²) in [4.78, 5) is 10.4. The van der Waals surface area contributed by atoms with Gasteiger partial charge in [-0.05, 0) is 24.2 Å². The van der Waals surface area contributed by atoms with E-state index in [0.29, 0.717) is 4.47 Å². The number of benzene rings is 1. The van der Waals surface area contributed by atoms with Crippen LogP contribution in [0.25, 0.3) is 0 Å². The highest BCUT2D eigenvalue weighted by Gasteiger charge is 1.98. The van der Waals surface area contributed by atoms with Crippen molar-refractivity contribution in [2.45, 2.75) is 0 Å². The lowest BCUT2D eigenvalue weighted by Gasteiger charge is -1.91. The number of rotatable bonds is 1. The lowest BCUT2D eigenvalue weighted by atomic mass is 10.2. The first-order valence-electron chi connectivity index (χ1n) is 3.10. The Balaban J connectivity index is 3.20. The van der Waals surface area contributed by atoms with Crippen LogP contribution in [0.3, 0.4) is 0 Å². The largest absolute Gasteiger partial charge is 0.478 e. The topological polar surface area (TPSA) is 37.3 Å². The second-order valence-electron chi connectivity index (χ2n) is 1.73. The van der Waals surface area contributed by atoms with E-state index in [1.165, 1.54) is 12.1 Å². The minimum Gasteiger partial charge on any atom is -0.478 e. The van der Waals surface area contributed by atoms with Crippen molar-refractivity contribution in [1.29, 1.82) is 0 Å². The van der Waals surface area contributed by atoms with Crippen LogP contribution in [0.15, 0.2) is 28.7 Å². The summed E-state index contributed by atoms with van der Waals surface area (Å²) in [6.45, 7) is 0. The molecule has 0 aliphatic heterocycles. The van der Waals surface area contributed by atoms with E-state index < -0.39 is 5.97 Å². The third-order valence-corrected chi connectivity index (χ3v) is 1.50. The summed E-state index contributed by atoms with van der Waals surface area (Å²) >= 11 is 3.13. The molecular formula is C7H5BrO2. The fourth-order valence-corrected chi connectivity index (χ4v) is 0.786. The van der Waals surface area contributed by atoms with Crippen LogP contribution in [0.5, 0.6) is 0 Å². The van der Waals surface area contributed by atoms with Crippen molar-refractivity contribution < 1.29 is 11.3 Å². The zero-order valence-corrected chi connectivity index (χ0v) is 6.55. The van der Waals surface area contributed by atoms with Crippen molar-refractivity contribution in [1.82, 2.24) is 0 Å². The maximum absolute atomic E-state index is 10.4. The van der Waals surface area contributed by atoms with Crippen molar-refractivity contribution in [2.24, 2.45) is 0 Å². The van der Waals surface area contributed by atoms with Gasteiger partial charge in [0.05, 0.1) is 6.93 Å². The van der Waals surface area contributed by atoms with E-state index in [2.05, 4.69) is 15.9 Å². The van der Waals surface area contributed by atoms with Gasteiger partial charge in [0, 0.05) is 4.47 Å². The molecule has 0 aromatic heterocycles. The average molecular weight is 202 g/mol. The van der Waals surface area contributed by atoms with Gasteiger partial charge in [-0.25, -0.2) is 4.79 Å². The zero-order valence-electron chi connectivity index (χ0n) is 5.97. The van der Waals surface area contributed by atoms with Crippen LogP contribution >= 0.6 is 15.9 Å². The molecule has 0 spiro atoms. The van der Waals surface area contributed by atoms with Crippen LogP contribution in [0, 0.1) is 0 Å². The van der Waals surface area contributed by atoms with Crippen LogP contribution in [0.4, 0.5) is 0 Å². The molecule has 0 fully saturated rings. The molecule has 1 N–H and O–H groups in total. The fraction of sp³-hybridized carbons (Fsp3) is 0. The van der Waals surface area contributed by atoms with E-state index in [1.54, 1.807) is 6.07 Å². The van der Waals surface area contributed by atoms with Gasteiger partial charge in [-0.2, -0.15) is 0 Å². The van der Waals surface area contributed by atoms with Gasteiger partial charge in [0.25, 0.3) is 0 Å². The molecule has 0 unspecified atom stereocenters. The molecule has 10 heavy (non-hydrogen) atoms. The number of carboxylic acids is 1. The lowest BCUT2D eigenvalue weighted by Crippen LogP contribution is -1.94. The monoisotopic (exact) mass is 201 g/mol. The molecule has 2 nitrogen and oxygen atoms in total. The molecule has 0 amide bonds. The van der Waals surface area contributed by atoms with Crippen molar-refractivity contribution in [3.63, 3.8) is 0 Å². The molecule has 1 aromatic carbocycles. The molecule has 3 heteroatoms. The molecular weight excluding hydrogens is 196 g/mol. The van der Waals surface area contributed by atoms with E-state index in [0.717, 1.165) is 0 Å². The number of aromatic carboxylic acids is 1. The number of hydrogen-bond donors (Lipinski definition) is 1. The molecule has 0 saturated heterocycles. The van der Waals surface area contributed by atoms with Crippen molar-refractivity contribution in [3.8, 4) is 0 Å². The predicted octanol–water partition coefficient (Wildman–Crippen LogP) is 2.15. The minimum absolute atomic E-state index is 0.0203. The maximum Gasteiger partial charge on any atom is 0.335 e. The predicted molar refractivity (Wildman–Crippen MR) is 41.1 cm³/mol. The Morgan fingerprint density at radius 3 is 2.80 bits per heavy atom. The molecule has 1 rings (SSSR count). The van der Waals surface area contributed by atoms with Crippen molar-refractivity contribution in [3.05, 3.63) is 34.3 Å².